The van der Waals surface area contributed by atoms with Crippen LogP contribution in [0.15, 0.2) is 36.4 Å². The predicted octanol–water partition coefficient (Wildman–Crippen LogP) is 1.97. The van der Waals surface area contributed by atoms with Gasteiger partial charge in [0.25, 0.3) is 5.91 Å². The maximum Gasteiger partial charge on any atom is 0.252 e. The number of piperazine rings is 1. The summed E-state index contributed by atoms with van der Waals surface area (Å²) < 4.78 is 1.75. The minimum absolute atomic E-state index is 0.0639. The van der Waals surface area contributed by atoms with Crippen molar-refractivity contribution in [3.8, 4) is 11.3 Å². The van der Waals surface area contributed by atoms with Gasteiger partial charge in [0.05, 0.1) is 22.3 Å². The van der Waals surface area contributed by atoms with Gasteiger partial charge >= 0.3 is 0 Å². The Balaban J connectivity index is 1.54. The summed E-state index contributed by atoms with van der Waals surface area (Å²) >= 11 is 0. The Hall–Kier alpha value is -2.77. The zero-order valence-electron chi connectivity index (χ0n) is 17.1. The number of aryl methyl sites for hydroxylation is 2. The number of amides is 1. The van der Waals surface area contributed by atoms with Crippen molar-refractivity contribution in [2.45, 2.75) is 13.3 Å². The molecular formula is C22H28N6O. The Labute approximate surface area is 171 Å². The molecule has 0 spiro atoms. The van der Waals surface area contributed by atoms with E-state index in [1.54, 1.807) is 4.68 Å². The number of nitrogens with zero attached hydrogens (tertiary/aromatic N) is 4. The highest BCUT2D eigenvalue weighted by Crippen LogP contribution is 2.26. The largest absolute Gasteiger partial charge is 0.352 e. The molecule has 1 aromatic carbocycles. The Morgan fingerprint density at radius 1 is 1.21 bits per heavy atom. The number of carbonyl (C=O) groups excluding carboxylic acids is 1. The molecule has 2 N–H and O–H groups in total. The molecule has 1 amide bonds. The monoisotopic (exact) mass is 392 g/mol. The van der Waals surface area contributed by atoms with E-state index in [2.05, 4.69) is 20.6 Å². The molecule has 1 fully saturated rings. The molecule has 0 unspecified atom stereocenters. The van der Waals surface area contributed by atoms with Crippen molar-refractivity contribution in [1.29, 1.82) is 0 Å². The minimum Gasteiger partial charge on any atom is -0.352 e. The van der Waals surface area contributed by atoms with Crippen molar-refractivity contribution < 1.29 is 4.79 Å². The first-order valence-electron chi connectivity index (χ1n) is 10.2. The van der Waals surface area contributed by atoms with Gasteiger partial charge in [-0.2, -0.15) is 5.10 Å². The molecular weight excluding hydrogens is 364 g/mol. The van der Waals surface area contributed by atoms with Crippen LogP contribution < -0.4 is 10.6 Å². The van der Waals surface area contributed by atoms with Crippen molar-refractivity contribution in [2.24, 2.45) is 7.05 Å². The van der Waals surface area contributed by atoms with Crippen LogP contribution in [-0.2, 0) is 7.05 Å². The number of hydrogen-bond acceptors (Lipinski definition) is 5. The van der Waals surface area contributed by atoms with Gasteiger partial charge in [-0.25, -0.2) is 4.98 Å². The van der Waals surface area contributed by atoms with Gasteiger partial charge < -0.3 is 15.5 Å². The van der Waals surface area contributed by atoms with E-state index in [0.29, 0.717) is 12.1 Å². The Bertz CT molecular complexity index is 991. The zero-order chi connectivity index (χ0) is 20.2. The average Bonchev–Trinajstić information content (AvgIpc) is 3.05. The number of aromatic nitrogens is 3. The highest BCUT2D eigenvalue weighted by molar-refractivity contribution is 6.07. The second kappa shape index (κ2) is 8.71. The summed E-state index contributed by atoms with van der Waals surface area (Å²) in [6.07, 6.45) is 0.942. The molecule has 3 heterocycles. The number of pyridine rings is 1. The summed E-state index contributed by atoms with van der Waals surface area (Å²) in [5, 5.41) is 11.8. The fourth-order valence-corrected chi connectivity index (χ4v) is 3.92. The molecule has 0 saturated carbocycles. The fraction of sp³-hybridized carbons (Fsp3) is 0.409. The average molecular weight is 393 g/mol. The van der Waals surface area contributed by atoms with Crippen LogP contribution in [0.25, 0.3) is 22.3 Å². The van der Waals surface area contributed by atoms with Crippen molar-refractivity contribution >= 4 is 16.9 Å². The molecule has 3 aromatic rings. The maximum atomic E-state index is 13.1. The molecule has 2 aromatic heterocycles. The molecule has 0 bridgehead atoms. The van der Waals surface area contributed by atoms with Gasteiger partial charge in [0, 0.05) is 45.3 Å². The number of carbonyl (C=O) groups is 1. The van der Waals surface area contributed by atoms with Crippen LogP contribution in [0, 0.1) is 6.92 Å². The maximum absolute atomic E-state index is 13.1. The zero-order valence-corrected chi connectivity index (χ0v) is 17.1. The topological polar surface area (TPSA) is 75.1 Å². The van der Waals surface area contributed by atoms with Crippen LogP contribution >= 0.6 is 0 Å². The number of fused-ring (bicyclic) bond motifs is 1. The lowest BCUT2D eigenvalue weighted by Crippen LogP contribution is -2.44. The third-order valence-corrected chi connectivity index (χ3v) is 5.43. The summed E-state index contributed by atoms with van der Waals surface area (Å²) in [4.78, 5) is 20.3. The molecule has 0 atom stereocenters. The number of hydrogen-bond donors (Lipinski definition) is 2. The van der Waals surface area contributed by atoms with Crippen LogP contribution in [0.5, 0.6) is 0 Å². The van der Waals surface area contributed by atoms with Crippen molar-refractivity contribution in [2.75, 3.05) is 39.3 Å². The van der Waals surface area contributed by atoms with Gasteiger partial charge in [-0.1, -0.05) is 30.3 Å². The van der Waals surface area contributed by atoms with Gasteiger partial charge in [-0.05, 0) is 26.0 Å². The van der Waals surface area contributed by atoms with Crippen LogP contribution in [-0.4, -0.2) is 64.8 Å². The summed E-state index contributed by atoms with van der Waals surface area (Å²) in [5.74, 6) is -0.0639. The lowest BCUT2D eigenvalue weighted by Gasteiger charge is -2.27. The molecule has 29 heavy (non-hydrogen) atoms. The molecule has 0 radical (unpaired) electrons. The van der Waals surface area contributed by atoms with Crippen molar-refractivity contribution in [3.05, 3.63) is 47.7 Å². The summed E-state index contributed by atoms with van der Waals surface area (Å²) in [6, 6.07) is 11.8. The Morgan fingerprint density at radius 2 is 1.97 bits per heavy atom. The van der Waals surface area contributed by atoms with Gasteiger partial charge in [0.15, 0.2) is 5.65 Å². The third-order valence-electron chi connectivity index (χ3n) is 5.43. The lowest BCUT2D eigenvalue weighted by molar-refractivity contribution is 0.0953. The lowest BCUT2D eigenvalue weighted by atomic mass is 10.0. The highest BCUT2D eigenvalue weighted by Gasteiger charge is 2.19. The number of benzene rings is 1. The fourth-order valence-electron chi connectivity index (χ4n) is 3.92. The van der Waals surface area contributed by atoms with Gasteiger partial charge in [-0.3, -0.25) is 9.48 Å². The van der Waals surface area contributed by atoms with Gasteiger partial charge in [-0.15, -0.1) is 0 Å². The van der Waals surface area contributed by atoms with Crippen LogP contribution in [0.3, 0.4) is 0 Å². The molecule has 0 aliphatic carbocycles. The number of rotatable bonds is 6. The van der Waals surface area contributed by atoms with E-state index in [9.17, 15) is 4.79 Å². The Morgan fingerprint density at radius 3 is 2.72 bits per heavy atom. The molecule has 1 aliphatic rings. The molecule has 4 rings (SSSR count). The first-order chi connectivity index (χ1) is 14.1. The van der Waals surface area contributed by atoms with E-state index in [1.165, 1.54) is 0 Å². The Kier molecular flexibility index (Phi) is 5.87. The minimum atomic E-state index is -0.0639. The van der Waals surface area contributed by atoms with E-state index in [0.717, 1.165) is 67.1 Å². The molecule has 152 valence electrons. The van der Waals surface area contributed by atoms with Crippen LogP contribution in [0.1, 0.15) is 22.5 Å². The normalized spacial score (nSPS) is 15.0. The van der Waals surface area contributed by atoms with E-state index >= 15 is 0 Å². The van der Waals surface area contributed by atoms with E-state index in [4.69, 9.17) is 4.98 Å². The van der Waals surface area contributed by atoms with Gasteiger partial charge in [0.2, 0.25) is 0 Å². The standard InChI is InChI=1S/C22H28N6O/c1-16-20-18(22(29)24-9-6-12-28-13-10-23-11-14-28)15-19(17-7-4-3-5-8-17)25-21(20)27(2)26-16/h3-5,7-8,15,23H,6,9-14H2,1-2H3,(H,24,29). The first kappa shape index (κ1) is 19.5. The molecule has 1 aliphatic heterocycles. The second-order valence-electron chi connectivity index (χ2n) is 7.53. The van der Waals surface area contributed by atoms with E-state index in [-0.39, 0.29) is 5.91 Å². The van der Waals surface area contributed by atoms with Crippen molar-refractivity contribution in [3.63, 3.8) is 0 Å². The third kappa shape index (κ3) is 4.31. The molecule has 7 heteroatoms. The summed E-state index contributed by atoms with van der Waals surface area (Å²) in [5.41, 5.74) is 3.96. The van der Waals surface area contributed by atoms with Crippen LogP contribution in [0.4, 0.5) is 0 Å². The van der Waals surface area contributed by atoms with E-state index in [1.807, 2.05) is 50.4 Å². The first-order valence-corrected chi connectivity index (χ1v) is 10.2. The summed E-state index contributed by atoms with van der Waals surface area (Å²) in [7, 11) is 1.87. The van der Waals surface area contributed by atoms with Gasteiger partial charge in [0.1, 0.15) is 0 Å². The highest BCUT2D eigenvalue weighted by atomic mass is 16.1. The second-order valence-corrected chi connectivity index (χ2v) is 7.53. The van der Waals surface area contributed by atoms with Crippen LogP contribution in [0.2, 0.25) is 0 Å². The summed E-state index contributed by atoms with van der Waals surface area (Å²) in [6.45, 7) is 7.84. The quantitative estimate of drug-likeness (QED) is 0.628. The molecule has 1 saturated heterocycles. The predicted molar refractivity (Wildman–Crippen MR) is 115 cm³/mol. The SMILES string of the molecule is Cc1nn(C)c2nc(-c3ccccc3)cc(C(=O)NCCCN3CCNCC3)c12. The smallest absolute Gasteiger partial charge is 0.252 e. The van der Waals surface area contributed by atoms with E-state index < -0.39 is 0 Å². The van der Waals surface area contributed by atoms with Crippen molar-refractivity contribution in [1.82, 2.24) is 30.3 Å². The molecule has 7 nitrogen and oxygen atoms in total. The number of nitrogens with one attached hydrogen (secondary N) is 2.